The molecule has 0 bridgehead atoms. The van der Waals surface area contributed by atoms with E-state index in [1.807, 2.05) is 19.1 Å². The lowest BCUT2D eigenvalue weighted by molar-refractivity contribution is -0.136. The van der Waals surface area contributed by atoms with Crippen LogP contribution >= 0.6 is 0 Å². The number of carbonyl (C=O) groups excluding carboxylic acids is 4. The zero-order valence-electron chi connectivity index (χ0n) is 19.0. The summed E-state index contributed by atoms with van der Waals surface area (Å²) in [7, 11) is 0. The van der Waals surface area contributed by atoms with Gasteiger partial charge in [-0.3, -0.25) is 19.7 Å². The molecule has 8 nitrogen and oxygen atoms in total. The topological polar surface area (TPSA) is 108 Å². The summed E-state index contributed by atoms with van der Waals surface area (Å²) in [6.45, 7) is 6.91. The molecule has 33 heavy (non-hydrogen) atoms. The molecule has 1 saturated heterocycles. The molecule has 0 saturated carbocycles. The van der Waals surface area contributed by atoms with E-state index in [2.05, 4.69) is 41.9 Å². The summed E-state index contributed by atoms with van der Waals surface area (Å²) < 4.78 is 0. The minimum absolute atomic E-state index is 0.211. The lowest BCUT2D eigenvalue weighted by Gasteiger charge is -2.29. The predicted octanol–water partition coefficient (Wildman–Crippen LogP) is 2.86. The Hall–Kier alpha value is -3.68. The highest BCUT2D eigenvalue weighted by Crippen LogP contribution is 2.29. The third-order valence-electron chi connectivity index (χ3n) is 6.27. The first-order chi connectivity index (χ1) is 15.6. The summed E-state index contributed by atoms with van der Waals surface area (Å²) in [5, 5.41) is 8.05. The van der Waals surface area contributed by atoms with Crippen LogP contribution in [0.25, 0.3) is 0 Å². The number of aryl methyl sites for hydroxylation is 1. The average molecular weight is 449 g/mol. The molecule has 2 heterocycles. The van der Waals surface area contributed by atoms with Crippen LogP contribution in [0, 0.1) is 6.92 Å². The Morgan fingerprint density at radius 2 is 1.94 bits per heavy atom. The van der Waals surface area contributed by atoms with Crippen LogP contribution in [-0.4, -0.2) is 41.2 Å². The Morgan fingerprint density at radius 1 is 1.15 bits per heavy atom. The first-order valence-corrected chi connectivity index (χ1v) is 11.0. The molecule has 1 atom stereocenters. The Labute approximate surface area is 192 Å². The van der Waals surface area contributed by atoms with Gasteiger partial charge in [0.05, 0.1) is 0 Å². The number of urea groups is 1. The SMILES string of the molecule is Cc1cccc(C(C)(C)CNC(=O)Nc2ccc3c(c2)CN(C2CCC(=O)NC2=O)C3=O)c1. The number of piperidine rings is 1. The number of benzene rings is 2. The van der Waals surface area contributed by atoms with E-state index in [4.69, 9.17) is 0 Å². The number of amides is 5. The molecule has 2 aromatic carbocycles. The van der Waals surface area contributed by atoms with E-state index >= 15 is 0 Å². The van der Waals surface area contributed by atoms with Crippen molar-refractivity contribution in [3.63, 3.8) is 0 Å². The number of hydrogen-bond donors (Lipinski definition) is 3. The van der Waals surface area contributed by atoms with E-state index in [9.17, 15) is 19.2 Å². The first kappa shape index (κ1) is 22.5. The summed E-state index contributed by atoms with van der Waals surface area (Å²) in [6.07, 6.45) is 0.525. The molecule has 1 unspecified atom stereocenters. The van der Waals surface area contributed by atoms with Gasteiger partial charge in [-0.15, -0.1) is 0 Å². The summed E-state index contributed by atoms with van der Waals surface area (Å²) in [4.78, 5) is 50.4. The van der Waals surface area contributed by atoms with E-state index in [1.54, 1.807) is 18.2 Å². The van der Waals surface area contributed by atoms with E-state index in [0.29, 0.717) is 24.2 Å². The lowest BCUT2D eigenvalue weighted by atomic mass is 9.84. The van der Waals surface area contributed by atoms with Crippen molar-refractivity contribution in [1.29, 1.82) is 0 Å². The standard InChI is InChI=1S/C25H28N4O4/c1-15-5-4-6-17(11-15)25(2,3)14-26-24(33)27-18-7-8-19-16(12-18)13-29(23(19)32)20-9-10-21(30)28-22(20)31/h4-8,11-12,20H,9-10,13-14H2,1-3H3,(H2,26,27,33)(H,28,30,31). The number of hydrogen-bond acceptors (Lipinski definition) is 4. The highest BCUT2D eigenvalue weighted by Gasteiger charge is 2.39. The van der Waals surface area contributed by atoms with Gasteiger partial charge in [0.1, 0.15) is 6.04 Å². The van der Waals surface area contributed by atoms with Gasteiger partial charge in [0.2, 0.25) is 11.8 Å². The highest BCUT2D eigenvalue weighted by atomic mass is 16.2. The van der Waals surface area contributed by atoms with Gasteiger partial charge in [-0.2, -0.15) is 0 Å². The second-order valence-electron chi connectivity index (χ2n) is 9.33. The summed E-state index contributed by atoms with van der Waals surface area (Å²) in [6, 6.07) is 12.3. The molecule has 0 radical (unpaired) electrons. The number of imide groups is 1. The van der Waals surface area contributed by atoms with Crippen LogP contribution < -0.4 is 16.0 Å². The van der Waals surface area contributed by atoms with Crippen LogP contribution in [0.2, 0.25) is 0 Å². The smallest absolute Gasteiger partial charge is 0.319 e. The maximum Gasteiger partial charge on any atom is 0.319 e. The van der Waals surface area contributed by atoms with Crippen LogP contribution in [0.15, 0.2) is 42.5 Å². The molecule has 8 heteroatoms. The average Bonchev–Trinajstić information content (AvgIpc) is 3.08. The number of nitrogens with one attached hydrogen (secondary N) is 3. The van der Waals surface area contributed by atoms with Gasteiger partial charge in [0.25, 0.3) is 5.91 Å². The Kier molecular flexibility index (Phi) is 5.93. The molecule has 0 aliphatic carbocycles. The maximum atomic E-state index is 12.8. The molecule has 0 aromatic heterocycles. The predicted molar refractivity (Wildman–Crippen MR) is 124 cm³/mol. The number of rotatable bonds is 5. The summed E-state index contributed by atoms with van der Waals surface area (Å²) in [5.41, 5.74) is 3.89. The van der Waals surface area contributed by atoms with E-state index in [1.165, 1.54) is 10.5 Å². The molecule has 3 N–H and O–H groups in total. The number of nitrogens with zero attached hydrogens (tertiary/aromatic N) is 1. The Balaban J connectivity index is 1.38. The van der Waals surface area contributed by atoms with Crippen molar-refractivity contribution in [2.45, 2.75) is 51.6 Å². The fourth-order valence-electron chi connectivity index (χ4n) is 4.30. The van der Waals surface area contributed by atoms with Crippen LogP contribution in [0.5, 0.6) is 0 Å². The highest BCUT2D eigenvalue weighted by molar-refractivity contribution is 6.05. The van der Waals surface area contributed by atoms with Crippen LogP contribution in [0.1, 0.15) is 53.7 Å². The Morgan fingerprint density at radius 3 is 2.67 bits per heavy atom. The molecule has 2 aliphatic heterocycles. The van der Waals surface area contributed by atoms with Gasteiger partial charge in [-0.05, 0) is 42.7 Å². The van der Waals surface area contributed by atoms with Crippen molar-refractivity contribution < 1.29 is 19.2 Å². The van der Waals surface area contributed by atoms with Gasteiger partial charge in [-0.1, -0.05) is 43.7 Å². The monoisotopic (exact) mass is 448 g/mol. The second kappa shape index (κ2) is 8.69. The molecule has 0 spiro atoms. The van der Waals surface area contributed by atoms with Crippen molar-refractivity contribution in [3.05, 3.63) is 64.7 Å². The van der Waals surface area contributed by atoms with Crippen LogP contribution in [-0.2, 0) is 21.5 Å². The summed E-state index contributed by atoms with van der Waals surface area (Å²) >= 11 is 0. The molecular formula is C25H28N4O4. The summed E-state index contributed by atoms with van der Waals surface area (Å²) in [5.74, 6) is -1.000. The Bertz CT molecular complexity index is 1140. The van der Waals surface area contributed by atoms with Crippen molar-refractivity contribution in [2.24, 2.45) is 0 Å². The quantitative estimate of drug-likeness (QED) is 0.612. The molecule has 5 amide bonds. The maximum absolute atomic E-state index is 12.8. The largest absolute Gasteiger partial charge is 0.337 e. The van der Waals surface area contributed by atoms with E-state index < -0.39 is 11.9 Å². The molecule has 2 aliphatic rings. The third kappa shape index (κ3) is 4.74. The lowest BCUT2D eigenvalue weighted by Crippen LogP contribution is -2.52. The number of anilines is 1. The second-order valence-corrected chi connectivity index (χ2v) is 9.33. The van der Waals surface area contributed by atoms with Crippen molar-refractivity contribution in [3.8, 4) is 0 Å². The zero-order chi connectivity index (χ0) is 23.8. The number of carbonyl (C=O) groups is 4. The van der Waals surface area contributed by atoms with Crippen LogP contribution in [0.3, 0.4) is 0 Å². The molecular weight excluding hydrogens is 420 g/mol. The van der Waals surface area contributed by atoms with Crippen molar-refractivity contribution in [1.82, 2.24) is 15.5 Å². The van der Waals surface area contributed by atoms with Gasteiger partial charge in [0, 0.05) is 36.2 Å². The van der Waals surface area contributed by atoms with E-state index in [0.717, 1.165) is 11.1 Å². The minimum atomic E-state index is -0.661. The third-order valence-corrected chi connectivity index (χ3v) is 6.27. The van der Waals surface area contributed by atoms with Gasteiger partial charge in [0.15, 0.2) is 0 Å². The van der Waals surface area contributed by atoms with Crippen molar-refractivity contribution in [2.75, 3.05) is 11.9 Å². The number of fused-ring (bicyclic) bond motifs is 1. The fourth-order valence-corrected chi connectivity index (χ4v) is 4.30. The zero-order valence-corrected chi connectivity index (χ0v) is 19.0. The van der Waals surface area contributed by atoms with Crippen LogP contribution in [0.4, 0.5) is 10.5 Å². The van der Waals surface area contributed by atoms with Crippen molar-refractivity contribution >= 4 is 29.4 Å². The minimum Gasteiger partial charge on any atom is -0.337 e. The molecule has 4 rings (SSSR count). The van der Waals surface area contributed by atoms with Gasteiger partial charge >= 0.3 is 6.03 Å². The molecule has 172 valence electrons. The van der Waals surface area contributed by atoms with Gasteiger partial charge in [-0.25, -0.2) is 4.79 Å². The normalized spacial score (nSPS) is 18.1. The fraction of sp³-hybridized carbons (Fsp3) is 0.360. The molecule has 2 aromatic rings. The first-order valence-electron chi connectivity index (χ1n) is 11.0. The van der Waals surface area contributed by atoms with E-state index in [-0.39, 0.29) is 36.2 Å². The molecule has 1 fully saturated rings. The van der Waals surface area contributed by atoms with Gasteiger partial charge < -0.3 is 15.5 Å².